The summed E-state index contributed by atoms with van der Waals surface area (Å²) in [7, 11) is 0. The molecule has 0 radical (unpaired) electrons. The molecule has 1 fully saturated rings. The number of benzene rings is 1. The van der Waals surface area contributed by atoms with Crippen molar-refractivity contribution in [1.82, 2.24) is 19.8 Å². The van der Waals surface area contributed by atoms with Crippen LogP contribution in [0.4, 0.5) is 0 Å². The summed E-state index contributed by atoms with van der Waals surface area (Å²) >= 11 is 0. The molecule has 0 bridgehead atoms. The van der Waals surface area contributed by atoms with Crippen LogP contribution in [0.15, 0.2) is 60.9 Å². The topological polar surface area (TPSA) is 83.5 Å². The molecule has 0 spiro atoms. The van der Waals surface area contributed by atoms with E-state index in [-0.39, 0.29) is 11.6 Å². The number of amides is 2. The minimum absolute atomic E-state index is 0.0659. The zero-order chi connectivity index (χ0) is 19.5. The van der Waals surface area contributed by atoms with Crippen LogP contribution < -0.4 is 0 Å². The van der Waals surface area contributed by atoms with Crippen LogP contribution in [-0.2, 0) is 4.79 Å². The third-order valence-electron chi connectivity index (χ3n) is 4.79. The highest BCUT2D eigenvalue weighted by Crippen LogP contribution is 2.13. The smallest absolute Gasteiger partial charge is 0.296 e. The average Bonchev–Trinajstić information content (AvgIpc) is 2.78. The Hall–Kier alpha value is -3.61. The summed E-state index contributed by atoms with van der Waals surface area (Å²) in [6, 6.07) is 14.0. The molecule has 140 valence electrons. The second kappa shape index (κ2) is 7.56. The molecule has 0 unspecified atom stereocenters. The highest BCUT2D eigenvalue weighted by atomic mass is 16.2. The van der Waals surface area contributed by atoms with E-state index in [0.717, 1.165) is 5.39 Å². The molecule has 3 aromatic rings. The van der Waals surface area contributed by atoms with E-state index in [4.69, 9.17) is 0 Å². The van der Waals surface area contributed by atoms with E-state index in [0.29, 0.717) is 37.3 Å². The number of piperazine rings is 1. The van der Waals surface area contributed by atoms with Crippen molar-refractivity contribution in [3.05, 3.63) is 72.2 Å². The molecule has 1 saturated heterocycles. The van der Waals surface area contributed by atoms with Crippen molar-refractivity contribution in [2.75, 3.05) is 26.2 Å². The SMILES string of the molecule is O=C(C(=O)N1CCN(C(=O)c2ccccc2)CC1)c1ccc2cnccc2n1. The second-order valence-corrected chi connectivity index (χ2v) is 6.54. The predicted molar refractivity (Wildman–Crippen MR) is 103 cm³/mol. The van der Waals surface area contributed by atoms with Crippen molar-refractivity contribution in [1.29, 1.82) is 0 Å². The maximum absolute atomic E-state index is 12.6. The van der Waals surface area contributed by atoms with Crippen LogP contribution in [0.1, 0.15) is 20.8 Å². The van der Waals surface area contributed by atoms with Gasteiger partial charge in [0.1, 0.15) is 5.69 Å². The third-order valence-corrected chi connectivity index (χ3v) is 4.79. The van der Waals surface area contributed by atoms with Gasteiger partial charge in [-0.1, -0.05) is 18.2 Å². The number of aromatic nitrogens is 2. The molecule has 4 rings (SSSR count). The molecule has 1 aliphatic rings. The largest absolute Gasteiger partial charge is 0.335 e. The standard InChI is InChI=1S/C21H18N4O3/c26-19(18-7-6-16-14-22-9-8-17(16)23-18)21(28)25-12-10-24(11-13-25)20(27)15-4-2-1-3-5-15/h1-9,14H,10-13H2. The lowest BCUT2D eigenvalue weighted by Gasteiger charge is -2.34. The van der Waals surface area contributed by atoms with Crippen molar-refractivity contribution in [2.45, 2.75) is 0 Å². The summed E-state index contributed by atoms with van der Waals surface area (Å²) in [5.41, 5.74) is 1.35. The van der Waals surface area contributed by atoms with Crippen LogP contribution in [0.3, 0.4) is 0 Å². The zero-order valence-electron chi connectivity index (χ0n) is 15.1. The Bertz CT molecular complexity index is 1040. The molecule has 7 heteroatoms. The first kappa shape index (κ1) is 17.8. The maximum Gasteiger partial charge on any atom is 0.296 e. The third kappa shape index (κ3) is 3.46. The van der Waals surface area contributed by atoms with Gasteiger partial charge >= 0.3 is 0 Å². The van der Waals surface area contributed by atoms with Crippen LogP contribution in [0.5, 0.6) is 0 Å². The van der Waals surface area contributed by atoms with Crippen molar-refractivity contribution >= 4 is 28.5 Å². The fourth-order valence-electron chi connectivity index (χ4n) is 3.22. The van der Waals surface area contributed by atoms with Crippen LogP contribution in [0.25, 0.3) is 10.9 Å². The Morgan fingerprint density at radius 1 is 0.821 bits per heavy atom. The minimum Gasteiger partial charge on any atom is -0.335 e. The van der Waals surface area contributed by atoms with Gasteiger partial charge in [0.15, 0.2) is 0 Å². The predicted octanol–water partition coefficient (Wildman–Crippen LogP) is 1.80. The number of hydrogen-bond donors (Lipinski definition) is 0. The lowest BCUT2D eigenvalue weighted by Crippen LogP contribution is -2.52. The van der Waals surface area contributed by atoms with E-state index in [1.165, 1.54) is 4.90 Å². The van der Waals surface area contributed by atoms with Crippen molar-refractivity contribution in [3.8, 4) is 0 Å². The van der Waals surface area contributed by atoms with E-state index in [1.807, 2.05) is 18.2 Å². The fourth-order valence-corrected chi connectivity index (χ4v) is 3.22. The highest BCUT2D eigenvalue weighted by molar-refractivity contribution is 6.42. The Kier molecular flexibility index (Phi) is 4.80. The van der Waals surface area contributed by atoms with Gasteiger partial charge in [0.2, 0.25) is 0 Å². The number of pyridine rings is 2. The van der Waals surface area contributed by atoms with Gasteiger partial charge in [-0.05, 0) is 30.3 Å². The van der Waals surface area contributed by atoms with Gasteiger partial charge < -0.3 is 9.80 Å². The second-order valence-electron chi connectivity index (χ2n) is 6.54. The van der Waals surface area contributed by atoms with Gasteiger partial charge in [0.05, 0.1) is 5.52 Å². The quantitative estimate of drug-likeness (QED) is 0.516. The molecule has 0 N–H and O–H groups in total. The monoisotopic (exact) mass is 374 g/mol. The van der Waals surface area contributed by atoms with E-state index in [9.17, 15) is 14.4 Å². The van der Waals surface area contributed by atoms with Gasteiger partial charge in [0.25, 0.3) is 17.6 Å². The van der Waals surface area contributed by atoms with Gasteiger partial charge in [0, 0.05) is 49.5 Å². The summed E-state index contributed by atoms with van der Waals surface area (Å²) in [5.74, 6) is -1.29. The molecular formula is C21H18N4O3. The summed E-state index contributed by atoms with van der Waals surface area (Å²) in [6.45, 7) is 1.43. The van der Waals surface area contributed by atoms with E-state index in [1.54, 1.807) is 47.6 Å². The minimum atomic E-state index is -0.637. The first-order chi connectivity index (χ1) is 13.6. The lowest BCUT2D eigenvalue weighted by atomic mass is 10.1. The molecule has 2 aromatic heterocycles. The Morgan fingerprint density at radius 2 is 1.54 bits per heavy atom. The molecule has 0 atom stereocenters. The molecule has 7 nitrogen and oxygen atoms in total. The number of carbonyl (C=O) groups is 3. The maximum atomic E-state index is 12.6. The van der Waals surface area contributed by atoms with Crippen LogP contribution in [-0.4, -0.2) is 63.5 Å². The first-order valence-corrected chi connectivity index (χ1v) is 9.02. The molecule has 0 aliphatic carbocycles. The molecule has 1 aromatic carbocycles. The van der Waals surface area contributed by atoms with Crippen molar-refractivity contribution in [3.63, 3.8) is 0 Å². The molecule has 2 amide bonds. The van der Waals surface area contributed by atoms with E-state index in [2.05, 4.69) is 9.97 Å². The van der Waals surface area contributed by atoms with Crippen molar-refractivity contribution < 1.29 is 14.4 Å². The highest BCUT2D eigenvalue weighted by Gasteiger charge is 2.29. The zero-order valence-corrected chi connectivity index (χ0v) is 15.1. The fraction of sp³-hybridized carbons (Fsp3) is 0.190. The lowest BCUT2D eigenvalue weighted by molar-refractivity contribution is -0.127. The number of Topliss-reactive ketones (excluding diaryl/α,β-unsaturated/α-hetero) is 1. The Labute approximate surface area is 161 Å². The van der Waals surface area contributed by atoms with Crippen LogP contribution >= 0.6 is 0 Å². The van der Waals surface area contributed by atoms with Crippen molar-refractivity contribution in [2.24, 2.45) is 0 Å². The van der Waals surface area contributed by atoms with Crippen LogP contribution in [0.2, 0.25) is 0 Å². The molecule has 0 saturated carbocycles. The van der Waals surface area contributed by atoms with E-state index >= 15 is 0 Å². The van der Waals surface area contributed by atoms with E-state index < -0.39 is 11.7 Å². The summed E-state index contributed by atoms with van der Waals surface area (Å²) in [4.78, 5) is 49.1. The van der Waals surface area contributed by atoms with Gasteiger partial charge in [-0.3, -0.25) is 19.4 Å². The number of fused-ring (bicyclic) bond motifs is 1. The summed E-state index contributed by atoms with van der Waals surface area (Å²) < 4.78 is 0. The molecule has 1 aliphatic heterocycles. The average molecular weight is 374 g/mol. The normalized spacial score (nSPS) is 14.1. The molecule has 3 heterocycles. The first-order valence-electron chi connectivity index (χ1n) is 9.02. The molecule has 28 heavy (non-hydrogen) atoms. The van der Waals surface area contributed by atoms with Crippen LogP contribution in [0, 0.1) is 0 Å². The molecular weight excluding hydrogens is 356 g/mol. The Balaban J connectivity index is 1.41. The summed E-state index contributed by atoms with van der Waals surface area (Å²) in [5, 5.41) is 0.805. The number of nitrogens with zero attached hydrogens (tertiary/aromatic N) is 4. The number of carbonyl (C=O) groups excluding carboxylic acids is 3. The Morgan fingerprint density at radius 3 is 2.29 bits per heavy atom. The van der Waals surface area contributed by atoms with Gasteiger partial charge in [-0.2, -0.15) is 0 Å². The number of ketones is 1. The van der Waals surface area contributed by atoms with Gasteiger partial charge in [-0.25, -0.2) is 4.98 Å². The van der Waals surface area contributed by atoms with Gasteiger partial charge in [-0.15, -0.1) is 0 Å². The summed E-state index contributed by atoms with van der Waals surface area (Å²) in [6.07, 6.45) is 3.25. The number of rotatable bonds is 3. The number of hydrogen-bond acceptors (Lipinski definition) is 5.